The molecule has 0 radical (unpaired) electrons. The van der Waals surface area contributed by atoms with E-state index in [0.717, 1.165) is 32.7 Å². The third kappa shape index (κ3) is 3.98. The van der Waals surface area contributed by atoms with Crippen molar-refractivity contribution in [3.05, 3.63) is 65.9 Å². The Kier molecular flexibility index (Phi) is 5.38. The number of para-hydroxylation sites is 1. The Morgan fingerprint density at radius 1 is 1.13 bits per heavy atom. The molecular formula is C22H22N4O4. The number of rotatable bonds is 7. The molecule has 1 aliphatic heterocycles. The van der Waals surface area contributed by atoms with Crippen LogP contribution in [0.4, 0.5) is 4.79 Å². The van der Waals surface area contributed by atoms with E-state index in [1.54, 1.807) is 19.2 Å². The standard InChI is InChI=1S/C22H22N4O4/c1-30-16-8-6-14(7-9-16)11-24-20(27)13-26-21(28)19(25-22(26)29)10-15-12-23-18-5-3-2-4-17(15)18/h2-9,12,19,23H,10-11,13H2,1H3,(H,24,27)(H,25,29)/t19-/m0/s1. The fourth-order valence-corrected chi connectivity index (χ4v) is 3.53. The Balaban J connectivity index is 1.34. The van der Waals surface area contributed by atoms with Crippen LogP contribution in [-0.2, 0) is 22.6 Å². The topological polar surface area (TPSA) is 104 Å². The summed E-state index contributed by atoms with van der Waals surface area (Å²) < 4.78 is 5.10. The van der Waals surface area contributed by atoms with Gasteiger partial charge in [0.15, 0.2) is 0 Å². The molecule has 1 saturated heterocycles. The first-order valence-electron chi connectivity index (χ1n) is 9.61. The van der Waals surface area contributed by atoms with Crippen LogP contribution in [0.2, 0.25) is 0 Å². The van der Waals surface area contributed by atoms with Gasteiger partial charge in [-0.15, -0.1) is 0 Å². The monoisotopic (exact) mass is 406 g/mol. The molecule has 4 amide bonds. The number of methoxy groups -OCH3 is 1. The van der Waals surface area contributed by atoms with Crippen LogP contribution < -0.4 is 15.4 Å². The number of H-pyrrole nitrogens is 1. The van der Waals surface area contributed by atoms with E-state index in [0.29, 0.717) is 13.0 Å². The zero-order valence-corrected chi connectivity index (χ0v) is 16.5. The lowest BCUT2D eigenvalue weighted by Crippen LogP contribution is -2.41. The average molecular weight is 406 g/mol. The number of fused-ring (bicyclic) bond motifs is 1. The molecule has 4 rings (SSSR count). The van der Waals surface area contributed by atoms with E-state index in [-0.39, 0.29) is 6.54 Å². The number of carbonyl (C=O) groups excluding carboxylic acids is 3. The maximum atomic E-state index is 12.7. The van der Waals surface area contributed by atoms with E-state index in [9.17, 15) is 14.4 Å². The van der Waals surface area contributed by atoms with E-state index in [1.165, 1.54) is 0 Å². The summed E-state index contributed by atoms with van der Waals surface area (Å²) in [7, 11) is 1.58. The summed E-state index contributed by atoms with van der Waals surface area (Å²) in [4.78, 5) is 41.3. The maximum absolute atomic E-state index is 12.7. The van der Waals surface area contributed by atoms with Crippen molar-refractivity contribution < 1.29 is 19.1 Å². The smallest absolute Gasteiger partial charge is 0.325 e. The van der Waals surface area contributed by atoms with Crippen molar-refractivity contribution in [3.8, 4) is 5.75 Å². The van der Waals surface area contributed by atoms with E-state index < -0.39 is 23.9 Å². The number of nitrogens with one attached hydrogen (secondary N) is 3. The van der Waals surface area contributed by atoms with Crippen LogP contribution in [0.25, 0.3) is 10.9 Å². The first-order valence-corrected chi connectivity index (χ1v) is 9.61. The van der Waals surface area contributed by atoms with Crippen molar-refractivity contribution in [1.82, 2.24) is 20.5 Å². The molecule has 2 heterocycles. The first-order chi connectivity index (χ1) is 14.5. The Bertz CT molecular complexity index is 1090. The van der Waals surface area contributed by atoms with Crippen molar-refractivity contribution in [1.29, 1.82) is 0 Å². The quantitative estimate of drug-likeness (QED) is 0.522. The zero-order chi connectivity index (χ0) is 21.1. The minimum atomic E-state index is -0.689. The number of ether oxygens (including phenoxy) is 1. The van der Waals surface area contributed by atoms with Crippen molar-refractivity contribution in [2.75, 3.05) is 13.7 Å². The summed E-state index contributed by atoms with van der Waals surface area (Å²) in [5.41, 5.74) is 2.80. The van der Waals surface area contributed by atoms with Crippen LogP contribution >= 0.6 is 0 Å². The van der Waals surface area contributed by atoms with Gasteiger partial charge in [-0.2, -0.15) is 0 Å². The third-order valence-electron chi connectivity index (χ3n) is 5.16. The lowest BCUT2D eigenvalue weighted by Gasteiger charge is -2.13. The highest BCUT2D eigenvalue weighted by Crippen LogP contribution is 2.21. The number of imide groups is 1. The highest BCUT2D eigenvalue weighted by Gasteiger charge is 2.39. The number of hydrogen-bond donors (Lipinski definition) is 3. The van der Waals surface area contributed by atoms with E-state index in [4.69, 9.17) is 4.74 Å². The van der Waals surface area contributed by atoms with Gasteiger partial charge in [-0.05, 0) is 29.3 Å². The van der Waals surface area contributed by atoms with E-state index >= 15 is 0 Å². The van der Waals surface area contributed by atoms with Gasteiger partial charge in [-0.1, -0.05) is 30.3 Å². The van der Waals surface area contributed by atoms with E-state index in [2.05, 4.69) is 15.6 Å². The summed E-state index contributed by atoms with van der Waals surface area (Å²) in [5.74, 6) is -0.0717. The van der Waals surface area contributed by atoms with Gasteiger partial charge >= 0.3 is 6.03 Å². The molecule has 8 nitrogen and oxygen atoms in total. The highest BCUT2D eigenvalue weighted by atomic mass is 16.5. The molecule has 1 fully saturated rings. The number of hydrogen-bond acceptors (Lipinski definition) is 4. The van der Waals surface area contributed by atoms with Crippen LogP contribution in [0.1, 0.15) is 11.1 Å². The number of aromatic nitrogens is 1. The molecule has 2 aromatic carbocycles. The molecular weight excluding hydrogens is 384 g/mol. The van der Waals surface area contributed by atoms with Crippen molar-refractivity contribution >= 4 is 28.7 Å². The van der Waals surface area contributed by atoms with Crippen LogP contribution in [0.15, 0.2) is 54.7 Å². The highest BCUT2D eigenvalue weighted by molar-refractivity contribution is 6.06. The first kappa shape index (κ1) is 19.5. The molecule has 0 spiro atoms. The lowest BCUT2D eigenvalue weighted by atomic mass is 10.1. The van der Waals surface area contributed by atoms with E-state index in [1.807, 2.05) is 42.6 Å². The molecule has 0 unspecified atom stereocenters. The molecule has 1 atom stereocenters. The second kappa shape index (κ2) is 8.28. The van der Waals surface area contributed by atoms with Crippen molar-refractivity contribution in [2.45, 2.75) is 19.0 Å². The molecule has 8 heteroatoms. The normalized spacial score (nSPS) is 16.0. The number of nitrogens with zero attached hydrogens (tertiary/aromatic N) is 1. The van der Waals surface area contributed by atoms with Gasteiger partial charge in [-0.25, -0.2) is 4.79 Å². The second-order valence-corrected chi connectivity index (χ2v) is 7.11. The van der Waals surface area contributed by atoms with Gasteiger partial charge < -0.3 is 20.4 Å². The largest absolute Gasteiger partial charge is 0.497 e. The summed E-state index contributed by atoms with van der Waals surface area (Å²) in [6, 6.07) is 13.8. The van der Waals surface area contributed by atoms with Gasteiger partial charge in [0.2, 0.25) is 5.91 Å². The zero-order valence-electron chi connectivity index (χ0n) is 16.5. The number of aromatic amines is 1. The van der Waals surface area contributed by atoms with Crippen LogP contribution in [-0.4, -0.2) is 47.4 Å². The molecule has 1 aromatic heterocycles. The van der Waals surface area contributed by atoms with Gasteiger partial charge in [0.25, 0.3) is 5.91 Å². The number of urea groups is 1. The summed E-state index contributed by atoms with van der Waals surface area (Å²) >= 11 is 0. The SMILES string of the molecule is COc1ccc(CNC(=O)CN2C(=O)N[C@@H](Cc3c[nH]c4ccccc34)C2=O)cc1. The van der Waals surface area contributed by atoms with Gasteiger partial charge in [0.05, 0.1) is 7.11 Å². The maximum Gasteiger partial charge on any atom is 0.325 e. The third-order valence-corrected chi connectivity index (χ3v) is 5.16. The van der Waals surface area contributed by atoms with Crippen molar-refractivity contribution in [2.24, 2.45) is 0 Å². The Labute approximate surface area is 173 Å². The second-order valence-electron chi connectivity index (χ2n) is 7.11. The lowest BCUT2D eigenvalue weighted by molar-refractivity contribution is -0.132. The molecule has 0 saturated carbocycles. The Morgan fingerprint density at radius 2 is 1.90 bits per heavy atom. The van der Waals surface area contributed by atoms with Crippen LogP contribution in [0, 0.1) is 0 Å². The number of benzene rings is 2. The summed E-state index contributed by atoms with van der Waals surface area (Å²) in [6.07, 6.45) is 2.20. The molecule has 154 valence electrons. The minimum Gasteiger partial charge on any atom is -0.497 e. The summed E-state index contributed by atoms with van der Waals surface area (Å²) in [6.45, 7) is -0.0174. The number of carbonyl (C=O) groups is 3. The Hall–Kier alpha value is -3.81. The van der Waals surface area contributed by atoms with Gasteiger partial charge in [0, 0.05) is 30.1 Å². The fourth-order valence-electron chi connectivity index (χ4n) is 3.53. The molecule has 30 heavy (non-hydrogen) atoms. The Morgan fingerprint density at radius 3 is 2.67 bits per heavy atom. The predicted molar refractivity (Wildman–Crippen MR) is 111 cm³/mol. The number of amides is 4. The minimum absolute atomic E-state index is 0.297. The molecule has 0 bridgehead atoms. The molecule has 1 aliphatic rings. The van der Waals surface area contributed by atoms with Crippen LogP contribution in [0.5, 0.6) is 5.75 Å². The molecule has 0 aliphatic carbocycles. The molecule has 3 aromatic rings. The molecule has 3 N–H and O–H groups in total. The average Bonchev–Trinajstić information content (AvgIpc) is 3.29. The van der Waals surface area contributed by atoms with Gasteiger partial charge in [-0.3, -0.25) is 14.5 Å². The summed E-state index contributed by atoms with van der Waals surface area (Å²) in [5, 5.41) is 6.42. The van der Waals surface area contributed by atoms with Crippen LogP contribution in [0.3, 0.4) is 0 Å². The van der Waals surface area contributed by atoms with Crippen molar-refractivity contribution in [3.63, 3.8) is 0 Å². The van der Waals surface area contributed by atoms with Gasteiger partial charge in [0.1, 0.15) is 18.3 Å². The predicted octanol–water partition coefficient (Wildman–Crippen LogP) is 1.96. The fraction of sp³-hybridized carbons (Fsp3) is 0.227.